The molecule has 3 aromatic rings. The quantitative estimate of drug-likeness (QED) is 0.260. The molecule has 4 rings (SSSR count). The van der Waals surface area contributed by atoms with Crippen molar-refractivity contribution in [1.29, 1.82) is 0 Å². The predicted octanol–water partition coefficient (Wildman–Crippen LogP) is 3.34. The van der Waals surface area contributed by atoms with Crippen LogP contribution in [0, 0.1) is 0 Å². The fourth-order valence-corrected chi connectivity index (χ4v) is 3.66. The number of hydrogen-bond donors (Lipinski definition) is 3. The van der Waals surface area contributed by atoms with Crippen LogP contribution in [0.2, 0.25) is 0 Å². The molecular weight excluding hydrogens is 503 g/mol. The molecule has 0 spiro atoms. The smallest absolute Gasteiger partial charge is 0.225 e. The summed E-state index contributed by atoms with van der Waals surface area (Å²) < 4.78 is 1.93. The summed E-state index contributed by atoms with van der Waals surface area (Å²) in [5.41, 5.74) is 4.35. The lowest BCUT2D eigenvalue weighted by atomic mass is 9.90. The maximum absolute atomic E-state index is 12.0. The molecule has 1 amide bonds. The number of amides is 1. The zero-order valence-corrected chi connectivity index (χ0v) is 19.7. The van der Waals surface area contributed by atoms with Gasteiger partial charge in [0, 0.05) is 49.9 Å². The maximum Gasteiger partial charge on any atom is 0.225 e. The second-order valence-corrected chi connectivity index (χ2v) is 7.37. The van der Waals surface area contributed by atoms with Crippen molar-refractivity contribution in [3.63, 3.8) is 0 Å². The Kier molecular flexibility index (Phi) is 8.05. The molecule has 1 unspecified atom stereocenters. The zero-order valence-electron chi connectivity index (χ0n) is 17.4. The first kappa shape index (κ1) is 22.8. The van der Waals surface area contributed by atoms with Gasteiger partial charge >= 0.3 is 0 Å². The van der Waals surface area contributed by atoms with Crippen LogP contribution in [0.3, 0.4) is 0 Å². The molecule has 1 atom stereocenters. The van der Waals surface area contributed by atoms with Gasteiger partial charge in [0.05, 0.1) is 12.7 Å². The van der Waals surface area contributed by atoms with E-state index in [0.717, 1.165) is 23.4 Å². The molecule has 31 heavy (non-hydrogen) atoms. The van der Waals surface area contributed by atoms with Crippen LogP contribution in [0.5, 0.6) is 0 Å². The van der Waals surface area contributed by atoms with Crippen molar-refractivity contribution in [2.75, 3.05) is 18.9 Å². The van der Waals surface area contributed by atoms with Gasteiger partial charge in [0.2, 0.25) is 5.91 Å². The number of carbonyl (C=O) groups is 1. The number of nitrogens with one attached hydrogen (secondary N) is 3. The topological polar surface area (TPSA) is 83.3 Å². The van der Waals surface area contributed by atoms with E-state index in [9.17, 15) is 4.79 Å². The molecule has 162 valence electrons. The summed E-state index contributed by atoms with van der Waals surface area (Å²) in [4.78, 5) is 16.3. The van der Waals surface area contributed by atoms with Crippen molar-refractivity contribution in [3.05, 3.63) is 83.7 Å². The van der Waals surface area contributed by atoms with Crippen LogP contribution in [-0.2, 0) is 17.9 Å². The first-order chi connectivity index (χ1) is 14.7. The molecular formula is C23H27IN6O. The number of halogens is 1. The zero-order chi connectivity index (χ0) is 20.8. The van der Waals surface area contributed by atoms with E-state index in [1.165, 1.54) is 5.56 Å². The Labute approximate surface area is 199 Å². The summed E-state index contributed by atoms with van der Waals surface area (Å²) in [5.74, 6) is 0.866. The van der Waals surface area contributed by atoms with Crippen LogP contribution >= 0.6 is 24.0 Å². The van der Waals surface area contributed by atoms with Crippen LogP contribution < -0.4 is 16.0 Å². The van der Waals surface area contributed by atoms with Gasteiger partial charge in [0.1, 0.15) is 0 Å². The van der Waals surface area contributed by atoms with Gasteiger partial charge in [-0.1, -0.05) is 48.5 Å². The standard InChI is InChI=1S/C23H26N6O.HI/c1-24-23(26-14-19-11-22(30)28-21-10-6-5-9-20(19)21)25-12-18-13-27-29(16-18)15-17-7-3-2-4-8-17;/h2-10,13,16,19H,11-12,14-15H2,1H3,(H,28,30)(H2,24,25,26);1H. The third kappa shape index (κ3) is 6.06. The van der Waals surface area contributed by atoms with Gasteiger partial charge in [-0.15, -0.1) is 24.0 Å². The SMILES string of the molecule is CN=C(NCc1cnn(Cc2ccccc2)c1)NCC1CC(=O)Nc2ccccc21.I. The molecule has 1 aromatic heterocycles. The number of guanidine groups is 1. The highest BCUT2D eigenvalue weighted by molar-refractivity contribution is 14.0. The number of hydrogen-bond acceptors (Lipinski definition) is 3. The highest BCUT2D eigenvalue weighted by Gasteiger charge is 2.24. The number of aliphatic imine (C=N–C) groups is 1. The Balaban J connectivity index is 0.00000272. The lowest BCUT2D eigenvalue weighted by molar-refractivity contribution is -0.116. The van der Waals surface area contributed by atoms with E-state index in [4.69, 9.17) is 0 Å². The molecule has 0 fully saturated rings. The van der Waals surface area contributed by atoms with Crippen LogP contribution in [0.15, 0.2) is 72.0 Å². The largest absolute Gasteiger partial charge is 0.356 e. The second kappa shape index (κ2) is 10.9. The van der Waals surface area contributed by atoms with Crippen molar-refractivity contribution in [1.82, 2.24) is 20.4 Å². The molecule has 7 nitrogen and oxygen atoms in total. The molecule has 2 aromatic carbocycles. The monoisotopic (exact) mass is 530 g/mol. The van der Waals surface area contributed by atoms with E-state index in [0.29, 0.717) is 25.5 Å². The Morgan fingerprint density at radius 3 is 2.71 bits per heavy atom. The molecule has 2 heterocycles. The van der Waals surface area contributed by atoms with E-state index < -0.39 is 0 Å². The number of para-hydroxylation sites is 1. The molecule has 0 aliphatic carbocycles. The lowest BCUT2D eigenvalue weighted by Gasteiger charge is -2.26. The summed E-state index contributed by atoms with van der Waals surface area (Å²) in [6, 6.07) is 18.2. The lowest BCUT2D eigenvalue weighted by Crippen LogP contribution is -2.40. The molecule has 3 N–H and O–H groups in total. The average Bonchev–Trinajstić information content (AvgIpc) is 3.21. The summed E-state index contributed by atoms with van der Waals surface area (Å²) >= 11 is 0. The van der Waals surface area contributed by atoms with Crippen molar-refractivity contribution in [3.8, 4) is 0 Å². The summed E-state index contributed by atoms with van der Waals surface area (Å²) in [6.45, 7) is 2.00. The number of fused-ring (bicyclic) bond motifs is 1. The number of aromatic nitrogens is 2. The minimum Gasteiger partial charge on any atom is -0.356 e. The Morgan fingerprint density at radius 2 is 1.90 bits per heavy atom. The number of rotatable bonds is 6. The first-order valence-electron chi connectivity index (χ1n) is 10.1. The molecule has 1 aliphatic heterocycles. The molecule has 8 heteroatoms. The third-order valence-electron chi connectivity index (χ3n) is 5.18. The number of benzene rings is 2. The van der Waals surface area contributed by atoms with Crippen LogP contribution in [0.1, 0.15) is 29.0 Å². The summed E-state index contributed by atoms with van der Waals surface area (Å²) in [7, 11) is 1.75. The number of anilines is 1. The average molecular weight is 530 g/mol. The minimum absolute atomic E-state index is 0. The van der Waals surface area contributed by atoms with E-state index in [2.05, 4.69) is 44.2 Å². The molecule has 1 aliphatic rings. The maximum atomic E-state index is 12.0. The minimum atomic E-state index is 0. The molecule has 0 saturated heterocycles. The van der Waals surface area contributed by atoms with Crippen molar-refractivity contribution < 1.29 is 4.79 Å². The highest BCUT2D eigenvalue weighted by Crippen LogP contribution is 2.31. The van der Waals surface area contributed by atoms with Gasteiger partial charge in [-0.25, -0.2) is 0 Å². The van der Waals surface area contributed by atoms with Crippen molar-refractivity contribution in [2.45, 2.75) is 25.4 Å². The van der Waals surface area contributed by atoms with Crippen molar-refractivity contribution in [2.24, 2.45) is 4.99 Å². The second-order valence-electron chi connectivity index (χ2n) is 7.37. The molecule has 0 radical (unpaired) electrons. The highest BCUT2D eigenvalue weighted by atomic mass is 127. The van der Waals surface area contributed by atoms with Gasteiger partial charge in [-0.3, -0.25) is 14.5 Å². The van der Waals surface area contributed by atoms with Crippen LogP contribution in [0.25, 0.3) is 0 Å². The number of carbonyl (C=O) groups excluding carboxylic acids is 1. The van der Waals surface area contributed by atoms with Crippen LogP contribution in [-0.4, -0.2) is 35.2 Å². The Bertz CT molecular complexity index is 1030. The Hall–Kier alpha value is -2.88. The summed E-state index contributed by atoms with van der Waals surface area (Å²) in [6.07, 6.45) is 4.37. The van der Waals surface area contributed by atoms with E-state index in [1.807, 2.05) is 53.5 Å². The molecule has 0 saturated carbocycles. The fraction of sp³-hybridized carbons (Fsp3) is 0.261. The van der Waals surface area contributed by atoms with E-state index in [-0.39, 0.29) is 35.8 Å². The number of nitrogens with zero attached hydrogens (tertiary/aromatic N) is 3. The third-order valence-corrected chi connectivity index (χ3v) is 5.18. The van der Waals surface area contributed by atoms with Gasteiger partial charge in [0.25, 0.3) is 0 Å². The molecule has 0 bridgehead atoms. The van der Waals surface area contributed by atoms with Gasteiger partial charge in [0.15, 0.2) is 5.96 Å². The van der Waals surface area contributed by atoms with E-state index in [1.54, 1.807) is 7.05 Å². The van der Waals surface area contributed by atoms with Crippen molar-refractivity contribution >= 4 is 41.5 Å². The van der Waals surface area contributed by atoms with E-state index >= 15 is 0 Å². The Morgan fingerprint density at radius 1 is 1.13 bits per heavy atom. The predicted molar refractivity (Wildman–Crippen MR) is 134 cm³/mol. The van der Waals surface area contributed by atoms with Gasteiger partial charge in [-0.05, 0) is 17.2 Å². The fourth-order valence-electron chi connectivity index (χ4n) is 3.66. The summed E-state index contributed by atoms with van der Waals surface area (Å²) in [5, 5.41) is 14.0. The normalized spacial score (nSPS) is 15.5. The van der Waals surface area contributed by atoms with Gasteiger partial charge < -0.3 is 16.0 Å². The van der Waals surface area contributed by atoms with Gasteiger partial charge in [-0.2, -0.15) is 5.10 Å². The first-order valence-corrected chi connectivity index (χ1v) is 10.1. The van der Waals surface area contributed by atoms with Crippen LogP contribution in [0.4, 0.5) is 5.69 Å².